The molecule has 1 atom stereocenters. The van der Waals surface area contributed by atoms with Gasteiger partial charge in [0.1, 0.15) is 0 Å². The maximum Gasteiger partial charge on any atom is 0.332 e. The summed E-state index contributed by atoms with van der Waals surface area (Å²) in [6, 6.07) is 1.31. The van der Waals surface area contributed by atoms with Crippen molar-refractivity contribution in [3.8, 4) is 18.2 Å². The first kappa shape index (κ1) is 11.5. The highest BCUT2D eigenvalue weighted by Gasteiger charge is 2.18. The lowest BCUT2D eigenvalue weighted by atomic mass is 10.4. The number of rotatable bonds is 3. The number of halogens is 1. The Kier molecular flexibility index (Phi) is 3.63. The molecule has 0 saturated carbocycles. The Balaban J connectivity index is 3.07. The highest BCUT2D eigenvalue weighted by Crippen LogP contribution is 2.27. The van der Waals surface area contributed by atoms with E-state index in [0.29, 0.717) is 4.47 Å². The lowest BCUT2D eigenvalue weighted by Crippen LogP contribution is -2.10. The van der Waals surface area contributed by atoms with Crippen molar-refractivity contribution in [2.45, 2.75) is 13.0 Å². The van der Waals surface area contributed by atoms with Crippen LogP contribution in [0.15, 0.2) is 16.7 Å². The number of pyridine rings is 1. The van der Waals surface area contributed by atoms with E-state index in [1.54, 1.807) is 6.92 Å². The first-order chi connectivity index (χ1) is 7.04. The largest absolute Gasteiger partial charge is 0.457 e. The number of hydrogen-bond donors (Lipinski definition) is 0. The summed E-state index contributed by atoms with van der Waals surface area (Å²) >= 11 is 3.09. The summed E-state index contributed by atoms with van der Waals surface area (Å²) in [6.45, 7) is 1.60. The van der Waals surface area contributed by atoms with Crippen molar-refractivity contribution in [3.05, 3.63) is 26.9 Å². The van der Waals surface area contributed by atoms with E-state index in [4.69, 9.17) is 11.2 Å². The van der Waals surface area contributed by atoms with Crippen LogP contribution in [0, 0.1) is 22.5 Å². The van der Waals surface area contributed by atoms with Gasteiger partial charge in [0.15, 0.2) is 6.10 Å². The van der Waals surface area contributed by atoms with Crippen molar-refractivity contribution in [3.63, 3.8) is 0 Å². The molecule has 0 spiro atoms. The third-order valence-corrected chi connectivity index (χ3v) is 1.95. The second-order valence-corrected chi connectivity index (χ2v) is 3.58. The van der Waals surface area contributed by atoms with Gasteiger partial charge in [0, 0.05) is 16.7 Å². The Morgan fingerprint density at radius 1 is 1.80 bits per heavy atom. The third kappa shape index (κ3) is 2.92. The van der Waals surface area contributed by atoms with Crippen molar-refractivity contribution < 1.29 is 9.66 Å². The fourth-order valence-corrected chi connectivity index (χ4v) is 1.16. The lowest BCUT2D eigenvalue weighted by molar-refractivity contribution is -0.386. The average Bonchev–Trinajstić information content (AvgIpc) is 2.20. The molecule has 1 unspecified atom stereocenters. The molecule has 0 bridgehead atoms. The second-order valence-electron chi connectivity index (χ2n) is 2.66. The Hall–Kier alpha value is -1.61. The molecule has 0 amide bonds. The molecular formula is C9H7BrN2O3. The van der Waals surface area contributed by atoms with Gasteiger partial charge in [-0.2, -0.15) is 0 Å². The number of ether oxygens (including phenoxy) is 1. The summed E-state index contributed by atoms with van der Waals surface area (Å²) in [4.78, 5) is 13.9. The molecule has 0 aromatic carbocycles. The van der Waals surface area contributed by atoms with Crippen LogP contribution in [-0.4, -0.2) is 16.0 Å². The van der Waals surface area contributed by atoms with Crippen molar-refractivity contribution in [2.75, 3.05) is 0 Å². The zero-order valence-corrected chi connectivity index (χ0v) is 9.39. The van der Waals surface area contributed by atoms with E-state index in [9.17, 15) is 10.1 Å². The van der Waals surface area contributed by atoms with Crippen LogP contribution >= 0.6 is 15.9 Å². The van der Waals surface area contributed by atoms with Gasteiger partial charge in [-0.25, -0.2) is 4.98 Å². The molecule has 0 aliphatic heterocycles. The predicted octanol–water partition coefficient (Wildman–Crippen LogP) is 2.15. The van der Waals surface area contributed by atoms with Crippen LogP contribution < -0.4 is 4.74 Å². The molecule has 0 radical (unpaired) electrons. The summed E-state index contributed by atoms with van der Waals surface area (Å²) in [6.07, 6.45) is 5.94. The Morgan fingerprint density at radius 3 is 3.00 bits per heavy atom. The Bertz CT molecular complexity index is 428. The Morgan fingerprint density at radius 2 is 2.47 bits per heavy atom. The van der Waals surface area contributed by atoms with E-state index in [-0.39, 0.29) is 11.6 Å². The van der Waals surface area contributed by atoms with Gasteiger partial charge in [0.2, 0.25) is 0 Å². The summed E-state index contributed by atoms with van der Waals surface area (Å²) < 4.78 is 5.61. The van der Waals surface area contributed by atoms with Gasteiger partial charge in [0.05, 0.1) is 4.92 Å². The predicted molar refractivity (Wildman–Crippen MR) is 57.5 cm³/mol. The monoisotopic (exact) mass is 270 g/mol. The van der Waals surface area contributed by atoms with Crippen molar-refractivity contribution in [1.82, 2.24) is 4.98 Å². The molecule has 0 aliphatic carbocycles. The molecule has 0 fully saturated rings. The van der Waals surface area contributed by atoms with Crippen molar-refractivity contribution in [2.24, 2.45) is 0 Å². The van der Waals surface area contributed by atoms with E-state index in [1.807, 2.05) is 0 Å². The first-order valence-corrected chi connectivity index (χ1v) is 4.76. The molecular weight excluding hydrogens is 264 g/mol. The number of hydrogen-bond acceptors (Lipinski definition) is 4. The quantitative estimate of drug-likeness (QED) is 0.480. The molecule has 78 valence electrons. The van der Waals surface area contributed by atoms with E-state index in [0.717, 1.165) is 0 Å². The van der Waals surface area contributed by atoms with E-state index < -0.39 is 11.0 Å². The molecule has 1 rings (SSSR count). The highest BCUT2D eigenvalue weighted by molar-refractivity contribution is 9.10. The van der Waals surface area contributed by atoms with Crippen LogP contribution in [0.4, 0.5) is 5.69 Å². The highest BCUT2D eigenvalue weighted by atomic mass is 79.9. The SMILES string of the molecule is C#CC(C)Oc1ncc(Br)cc1[N+](=O)[O-]. The summed E-state index contributed by atoms with van der Waals surface area (Å²) in [5.74, 6) is 2.22. The first-order valence-electron chi connectivity index (χ1n) is 3.97. The van der Waals surface area contributed by atoms with Crippen LogP contribution in [-0.2, 0) is 0 Å². The van der Waals surface area contributed by atoms with Gasteiger partial charge in [-0.1, -0.05) is 5.92 Å². The molecule has 1 aromatic heterocycles. The number of nitrogens with zero attached hydrogens (tertiary/aromatic N) is 2. The van der Waals surface area contributed by atoms with Crippen LogP contribution in [0.2, 0.25) is 0 Å². The lowest BCUT2D eigenvalue weighted by Gasteiger charge is -2.07. The molecule has 1 aromatic rings. The molecule has 1 heterocycles. The van der Waals surface area contributed by atoms with Crippen LogP contribution in [0.3, 0.4) is 0 Å². The zero-order valence-electron chi connectivity index (χ0n) is 7.81. The summed E-state index contributed by atoms with van der Waals surface area (Å²) in [7, 11) is 0. The van der Waals surface area contributed by atoms with Gasteiger partial charge in [0.25, 0.3) is 5.88 Å². The maximum absolute atomic E-state index is 10.7. The maximum atomic E-state index is 10.7. The average molecular weight is 271 g/mol. The third-order valence-electron chi connectivity index (χ3n) is 1.52. The molecule has 0 saturated heterocycles. The molecule has 0 N–H and O–H groups in total. The van der Waals surface area contributed by atoms with Crippen LogP contribution in [0.25, 0.3) is 0 Å². The Labute approximate surface area is 94.7 Å². The second kappa shape index (κ2) is 4.75. The number of aromatic nitrogens is 1. The normalized spacial score (nSPS) is 11.5. The van der Waals surface area contributed by atoms with Gasteiger partial charge in [-0.3, -0.25) is 10.1 Å². The fraction of sp³-hybridized carbons (Fsp3) is 0.222. The van der Waals surface area contributed by atoms with Crippen LogP contribution in [0.5, 0.6) is 5.88 Å². The van der Waals surface area contributed by atoms with E-state index >= 15 is 0 Å². The van der Waals surface area contributed by atoms with Crippen molar-refractivity contribution >= 4 is 21.6 Å². The fourth-order valence-electron chi connectivity index (χ4n) is 0.839. The van der Waals surface area contributed by atoms with Crippen LogP contribution in [0.1, 0.15) is 6.92 Å². The standard InChI is InChI=1S/C9H7BrN2O3/c1-3-6(2)15-9-8(12(13)14)4-7(10)5-11-9/h1,4-6H,2H3. The molecule has 0 aliphatic rings. The van der Waals surface area contributed by atoms with Gasteiger partial charge in [-0.05, 0) is 22.9 Å². The minimum atomic E-state index is -0.573. The summed E-state index contributed by atoms with van der Waals surface area (Å²) in [5.41, 5.74) is -0.216. The van der Waals surface area contributed by atoms with Gasteiger partial charge < -0.3 is 4.74 Å². The molecule has 15 heavy (non-hydrogen) atoms. The van der Waals surface area contributed by atoms with Gasteiger partial charge >= 0.3 is 5.69 Å². The van der Waals surface area contributed by atoms with E-state index in [1.165, 1.54) is 12.3 Å². The van der Waals surface area contributed by atoms with E-state index in [2.05, 4.69) is 26.8 Å². The minimum Gasteiger partial charge on any atom is -0.457 e. The topological polar surface area (TPSA) is 65.3 Å². The minimum absolute atomic E-state index is 0.0753. The van der Waals surface area contributed by atoms with Gasteiger partial charge in [-0.15, -0.1) is 6.42 Å². The smallest absolute Gasteiger partial charge is 0.332 e. The number of terminal acetylenes is 1. The zero-order chi connectivity index (χ0) is 11.4. The molecule has 6 heteroatoms. The summed E-state index contributed by atoms with van der Waals surface area (Å²) in [5, 5.41) is 10.7. The number of nitro groups is 1. The molecule has 5 nitrogen and oxygen atoms in total. The van der Waals surface area contributed by atoms with Crippen molar-refractivity contribution in [1.29, 1.82) is 0 Å².